The molecule has 1 aliphatic heterocycles. The number of fused-ring (bicyclic) bond motifs is 2. The summed E-state index contributed by atoms with van der Waals surface area (Å²) in [6, 6.07) is 8.20. The van der Waals surface area contributed by atoms with Crippen molar-refractivity contribution in [2.24, 2.45) is 11.8 Å². The molecule has 32 heavy (non-hydrogen) atoms. The van der Waals surface area contributed by atoms with Crippen molar-refractivity contribution in [1.29, 1.82) is 0 Å². The maximum Gasteiger partial charge on any atom is 0.255 e. The third-order valence-electron chi connectivity index (χ3n) is 6.92. The van der Waals surface area contributed by atoms with Crippen LogP contribution in [-0.4, -0.2) is 62.7 Å². The number of hydrogen-bond donors (Lipinski definition) is 1. The molecule has 3 aromatic rings. The van der Waals surface area contributed by atoms with Gasteiger partial charge in [-0.3, -0.25) is 4.79 Å². The standard InChI is InChI=1S/C24H30N6O2/c1-15(2)30-14-27-20-8-16(11-26-23(20)30)24(31)29-12-17-9-19(21(32-3)10-18(17)13-29)28-22-6-4-5-7-25-22/h4-8,11,14-15,17-19,21H,9-10,12-13H2,1-3H3,(H,25,28)/t17-,18+,19-,21-/m1/s1. The summed E-state index contributed by atoms with van der Waals surface area (Å²) in [5.41, 5.74) is 2.19. The zero-order valence-electron chi connectivity index (χ0n) is 18.8. The Kier molecular flexibility index (Phi) is 5.55. The number of pyridine rings is 2. The van der Waals surface area contributed by atoms with Crippen molar-refractivity contribution in [3.05, 3.63) is 48.5 Å². The molecule has 1 saturated carbocycles. The Morgan fingerprint density at radius 1 is 1.16 bits per heavy atom. The molecule has 168 valence electrons. The quantitative estimate of drug-likeness (QED) is 0.663. The van der Waals surface area contributed by atoms with E-state index in [-0.39, 0.29) is 24.1 Å². The summed E-state index contributed by atoms with van der Waals surface area (Å²) >= 11 is 0. The zero-order chi connectivity index (χ0) is 22.2. The lowest BCUT2D eigenvalue weighted by atomic mass is 9.77. The molecule has 0 aromatic carbocycles. The molecule has 0 bridgehead atoms. The second-order valence-corrected chi connectivity index (χ2v) is 9.25. The average Bonchev–Trinajstić information content (AvgIpc) is 3.42. The van der Waals surface area contributed by atoms with Crippen molar-refractivity contribution in [1.82, 2.24) is 24.4 Å². The average molecular weight is 435 g/mol. The Hall–Kier alpha value is -3.00. The van der Waals surface area contributed by atoms with Gasteiger partial charge >= 0.3 is 0 Å². The molecule has 0 unspecified atom stereocenters. The largest absolute Gasteiger partial charge is 0.379 e. The summed E-state index contributed by atoms with van der Waals surface area (Å²) in [4.78, 5) is 28.7. The van der Waals surface area contributed by atoms with Crippen molar-refractivity contribution < 1.29 is 9.53 Å². The van der Waals surface area contributed by atoms with Gasteiger partial charge in [-0.1, -0.05) is 6.07 Å². The topological polar surface area (TPSA) is 85.2 Å². The van der Waals surface area contributed by atoms with Crippen LogP contribution in [0.25, 0.3) is 11.2 Å². The Morgan fingerprint density at radius 2 is 1.97 bits per heavy atom. The molecule has 4 atom stereocenters. The molecule has 8 nitrogen and oxygen atoms in total. The van der Waals surface area contributed by atoms with Gasteiger partial charge in [-0.05, 0) is 56.7 Å². The number of aromatic nitrogens is 4. The van der Waals surface area contributed by atoms with Gasteiger partial charge in [0.1, 0.15) is 11.3 Å². The molecule has 2 fully saturated rings. The lowest BCUT2D eigenvalue weighted by molar-refractivity contribution is 0.0304. The predicted octanol–water partition coefficient (Wildman–Crippen LogP) is 3.38. The molecular formula is C24H30N6O2. The molecule has 1 amide bonds. The number of carbonyl (C=O) groups is 1. The summed E-state index contributed by atoms with van der Waals surface area (Å²) in [6.07, 6.45) is 7.27. The number of amides is 1. The first-order chi connectivity index (χ1) is 15.5. The Bertz CT molecular complexity index is 1100. The number of carbonyl (C=O) groups excluding carboxylic acids is 1. The van der Waals surface area contributed by atoms with Gasteiger partial charge < -0.3 is 19.5 Å². The van der Waals surface area contributed by atoms with Crippen LogP contribution in [0.1, 0.15) is 43.1 Å². The molecule has 3 aromatic heterocycles. The summed E-state index contributed by atoms with van der Waals surface area (Å²) in [5.74, 6) is 1.80. The number of rotatable bonds is 5. The van der Waals surface area contributed by atoms with Gasteiger partial charge in [0.05, 0.1) is 24.0 Å². The summed E-state index contributed by atoms with van der Waals surface area (Å²) in [5, 5.41) is 3.54. The molecule has 1 saturated heterocycles. The fourth-order valence-corrected chi connectivity index (χ4v) is 5.23. The van der Waals surface area contributed by atoms with Crippen LogP contribution in [0.5, 0.6) is 0 Å². The number of nitrogens with one attached hydrogen (secondary N) is 1. The van der Waals surface area contributed by atoms with Crippen LogP contribution in [0.2, 0.25) is 0 Å². The van der Waals surface area contributed by atoms with E-state index in [9.17, 15) is 4.79 Å². The molecule has 0 spiro atoms. The highest BCUT2D eigenvalue weighted by molar-refractivity contribution is 5.96. The van der Waals surface area contributed by atoms with Crippen LogP contribution in [0.4, 0.5) is 5.82 Å². The SMILES string of the molecule is CO[C@@H]1C[C@H]2CN(C(=O)c3cnc4c(c3)ncn4C(C)C)C[C@H]2C[C@H]1Nc1ccccn1. The van der Waals surface area contributed by atoms with Gasteiger partial charge in [0.2, 0.25) is 0 Å². The molecule has 4 heterocycles. The Labute approximate surface area is 188 Å². The van der Waals surface area contributed by atoms with Crippen LogP contribution in [-0.2, 0) is 4.74 Å². The van der Waals surface area contributed by atoms with Gasteiger partial charge in [0.15, 0.2) is 5.65 Å². The maximum absolute atomic E-state index is 13.3. The Morgan fingerprint density at radius 3 is 2.69 bits per heavy atom. The molecular weight excluding hydrogens is 404 g/mol. The number of anilines is 1. The van der Waals surface area contributed by atoms with Gasteiger partial charge in [-0.2, -0.15) is 0 Å². The van der Waals surface area contributed by atoms with Gasteiger partial charge in [-0.15, -0.1) is 0 Å². The summed E-state index contributed by atoms with van der Waals surface area (Å²) in [7, 11) is 1.77. The molecule has 0 radical (unpaired) electrons. The number of imidazole rings is 1. The van der Waals surface area contributed by atoms with Crippen molar-refractivity contribution in [3.63, 3.8) is 0 Å². The second kappa shape index (κ2) is 8.50. The first-order valence-electron chi connectivity index (χ1n) is 11.4. The van der Waals surface area contributed by atoms with Crippen LogP contribution < -0.4 is 5.32 Å². The van der Waals surface area contributed by atoms with E-state index in [4.69, 9.17) is 4.74 Å². The highest BCUT2D eigenvalue weighted by atomic mass is 16.5. The van der Waals surface area contributed by atoms with E-state index in [0.29, 0.717) is 17.4 Å². The minimum atomic E-state index is 0.0381. The third kappa shape index (κ3) is 3.83. The van der Waals surface area contributed by atoms with Crippen molar-refractivity contribution in [2.45, 2.75) is 44.9 Å². The van der Waals surface area contributed by atoms with E-state index < -0.39 is 0 Å². The van der Waals surface area contributed by atoms with Crippen LogP contribution in [0.15, 0.2) is 43.0 Å². The number of nitrogens with zero attached hydrogens (tertiary/aromatic N) is 5. The number of hydrogen-bond acceptors (Lipinski definition) is 6. The molecule has 1 aliphatic carbocycles. The van der Waals surface area contributed by atoms with E-state index in [1.54, 1.807) is 25.8 Å². The number of ether oxygens (including phenoxy) is 1. The molecule has 8 heteroatoms. The van der Waals surface area contributed by atoms with Gasteiger partial charge in [-0.25, -0.2) is 15.0 Å². The zero-order valence-corrected chi connectivity index (χ0v) is 18.8. The second-order valence-electron chi connectivity index (χ2n) is 9.25. The lowest BCUT2D eigenvalue weighted by Gasteiger charge is -2.37. The number of methoxy groups -OCH3 is 1. The van der Waals surface area contributed by atoms with Crippen molar-refractivity contribution in [3.8, 4) is 0 Å². The van der Waals surface area contributed by atoms with Crippen molar-refractivity contribution in [2.75, 3.05) is 25.5 Å². The number of likely N-dealkylation sites (tertiary alicyclic amines) is 1. The highest BCUT2D eigenvalue weighted by Gasteiger charge is 2.44. The smallest absolute Gasteiger partial charge is 0.255 e. The van der Waals surface area contributed by atoms with Gasteiger partial charge in [0, 0.05) is 38.6 Å². The third-order valence-corrected chi connectivity index (χ3v) is 6.92. The van der Waals surface area contributed by atoms with Crippen LogP contribution in [0, 0.1) is 11.8 Å². The first kappa shape index (κ1) is 20.9. The van der Waals surface area contributed by atoms with Crippen LogP contribution in [0.3, 0.4) is 0 Å². The fraction of sp³-hybridized carbons (Fsp3) is 0.500. The monoisotopic (exact) mass is 434 g/mol. The van der Waals surface area contributed by atoms with Crippen molar-refractivity contribution >= 4 is 22.9 Å². The maximum atomic E-state index is 13.3. The Balaban J connectivity index is 1.30. The van der Waals surface area contributed by atoms with E-state index in [1.165, 1.54) is 0 Å². The first-order valence-corrected chi connectivity index (χ1v) is 11.4. The summed E-state index contributed by atoms with van der Waals surface area (Å²) < 4.78 is 7.84. The normalized spacial score (nSPS) is 25.3. The van der Waals surface area contributed by atoms with E-state index in [2.05, 4.69) is 34.1 Å². The van der Waals surface area contributed by atoms with Gasteiger partial charge in [0.25, 0.3) is 5.91 Å². The van der Waals surface area contributed by atoms with E-state index in [0.717, 1.165) is 42.9 Å². The van der Waals surface area contributed by atoms with E-state index >= 15 is 0 Å². The minimum absolute atomic E-state index is 0.0381. The minimum Gasteiger partial charge on any atom is -0.379 e. The molecule has 1 N–H and O–H groups in total. The highest BCUT2D eigenvalue weighted by Crippen LogP contribution is 2.39. The van der Waals surface area contributed by atoms with Crippen LogP contribution >= 0.6 is 0 Å². The fourth-order valence-electron chi connectivity index (χ4n) is 5.23. The summed E-state index contributed by atoms with van der Waals surface area (Å²) in [6.45, 7) is 5.71. The lowest BCUT2D eigenvalue weighted by Crippen LogP contribution is -2.44. The molecule has 2 aliphatic rings. The van der Waals surface area contributed by atoms with E-state index in [1.807, 2.05) is 33.7 Å². The predicted molar refractivity (Wildman–Crippen MR) is 122 cm³/mol. The molecule has 5 rings (SSSR count).